The van der Waals surface area contributed by atoms with Crippen molar-refractivity contribution in [2.24, 2.45) is 0 Å². The molecule has 0 spiro atoms. The van der Waals surface area contributed by atoms with Crippen LogP contribution in [-0.2, 0) is 4.79 Å². The largest absolute Gasteiger partial charge is 0.383 e. The van der Waals surface area contributed by atoms with Gasteiger partial charge in [0.2, 0.25) is 5.91 Å². The number of hydrogen-bond donors (Lipinski definition) is 1. The zero-order valence-electron chi connectivity index (χ0n) is 13.6. The van der Waals surface area contributed by atoms with Crippen molar-refractivity contribution in [3.05, 3.63) is 24.2 Å². The van der Waals surface area contributed by atoms with E-state index in [1.54, 1.807) is 6.08 Å². The number of piperidine rings is 1. The number of amides is 1. The van der Waals surface area contributed by atoms with Crippen LogP contribution in [0.1, 0.15) is 37.9 Å². The molecule has 0 saturated carbocycles. The van der Waals surface area contributed by atoms with E-state index in [0.717, 1.165) is 42.5 Å². The van der Waals surface area contributed by atoms with Gasteiger partial charge in [-0.25, -0.2) is 14.6 Å². The Morgan fingerprint density at radius 2 is 2.30 bits per heavy atom. The average molecular weight is 314 g/mol. The lowest BCUT2D eigenvalue weighted by Crippen LogP contribution is -2.40. The first-order chi connectivity index (χ1) is 11.1. The number of fused-ring (bicyclic) bond motifs is 1. The molecule has 1 aliphatic heterocycles. The van der Waals surface area contributed by atoms with Crippen LogP contribution in [0.2, 0.25) is 0 Å². The van der Waals surface area contributed by atoms with Crippen molar-refractivity contribution in [2.45, 2.75) is 39.2 Å². The van der Waals surface area contributed by atoms with E-state index in [4.69, 9.17) is 5.73 Å². The Labute approximate surface area is 135 Å². The van der Waals surface area contributed by atoms with Crippen molar-refractivity contribution in [1.82, 2.24) is 24.6 Å². The molecule has 1 atom stereocenters. The standard InChI is InChI=1S/C16H22N6O/c1-3-4-7-13(23)21-8-5-6-12(9-21)22-16-14(11(2)20-22)15(17)18-10-19-16/h4,7,10,12H,3,5-6,8-9H2,1-2H3,(H2,17,18,19)/b7-4+. The van der Waals surface area contributed by atoms with E-state index in [2.05, 4.69) is 15.1 Å². The van der Waals surface area contributed by atoms with Gasteiger partial charge in [-0.15, -0.1) is 0 Å². The maximum absolute atomic E-state index is 12.2. The fraction of sp³-hybridized carbons (Fsp3) is 0.500. The van der Waals surface area contributed by atoms with Gasteiger partial charge in [0.1, 0.15) is 12.1 Å². The Bertz CT molecular complexity index is 750. The highest BCUT2D eigenvalue weighted by Crippen LogP contribution is 2.28. The summed E-state index contributed by atoms with van der Waals surface area (Å²) in [6, 6.07) is 0.119. The van der Waals surface area contributed by atoms with E-state index < -0.39 is 0 Å². The third kappa shape index (κ3) is 2.91. The second-order valence-electron chi connectivity index (χ2n) is 5.88. The maximum atomic E-state index is 12.2. The molecule has 23 heavy (non-hydrogen) atoms. The summed E-state index contributed by atoms with van der Waals surface area (Å²) in [5.74, 6) is 0.521. The Hall–Kier alpha value is -2.44. The van der Waals surface area contributed by atoms with Crippen LogP contribution in [0.15, 0.2) is 18.5 Å². The van der Waals surface area contributed by atoms with Gasteiger partial charge in [0.15, 0.2) is 5.65 Å². The van der Waals surface area contributed by atoms with Crippen molar-refractivity contribution >= 4 is 22.8 Å². The van der Waals surface area contributed by atoms with Crippen molar-refractivity contribution in [3.63, 3.8) is 0 Å². The van der Waals surface area contributed by atoms with Crippen LogP contribution in [0.25, 0.3) is 11.0 Å². The molecule has 7 heteroatoms. The molecule has 1 saturated heterocycles. The molecule has 122 valence electrons. The lowest BCUT2D eigenvalue weighted by atomic mass is 10.1. The molecule has 1 unspecified atom stereocenters. The molecular weight excluding hydrogens is 292 g/mol. The van der Waals surface area contributed by atoms with Gasteiger partial charge in [-0.1, -0.05) is 13.0 Å². The van der Waals surface area contributed by atoms with E-state index in [-0.39, 0.29) is 11.9 Å². The Morgan fingerprint density at radius 1 is 1.48 bits per heavy atom. The molecule has 0 aromatic carbocycles. The second-order valence-corrected chi connectivity index (χ2v) is 5.88. The summed E-state index contributed by atoms with van der Waals surface area (Å²) in [5.41, 5.74) is 7.53. The first-order valence-electron chi connectivity index (χ1n) is 8.02. The number of nitrogens with two attached hydrogens (primary N) is 1. The molecule has 2 aromatic rings. The minimum atomic E-state index is 0.0684. The topological polar surface area (TPSA) is 89.9 Å². The summed E-state index contributed by atoms with van der Waals surface area (Å²) >= 11 is 0. The Kier molecular flexibility index (Phi) is 4.27. The number of carbonyl (C=O) groups excluding carboxylic acids is 1. The summed E-state index contributed by atoms with van der Waals surface area (Å²) in [4.78, 5) is 22.5. The molecule has 1 fully saturated rings. The van der Waals surface area contributed by atoms with Gasteiger partial charge in [0, 0.05) is 13.1 Å². The molecule has 3 rings (SSSR count). The summed E-state index contributed by atoms with van der Waals surface area (Å²) < 4.78 is 1.91. The summed E-state index contributed by atoms with van der Waals surface area (Å²) in [7, 11) is 0. The molecule has 2 N–H and O–H groups in total. The average Bonchev–Trinajstić information content (AvgIpc) is 2.91. The van der Waals surface area contributed by atoms with Crippen LogP contribution in [0.3, 0.4) is 0 Å². The molecule has 2 aromatic heterocycles. The zero-order chi connectivity index (χ0) is 16.4. The zero-order valence-corrected chi connectivity index (χ0v) is 13.6. The van der Waals surface area contributed by atoms with E-state index in [1.807, 2.05) is 29.5 Å². The number of aryl methyl sites for hydroxylation is 1. The fourth-order valence-corrected chi connectivity index (χ4v) is 3.10. The van der Waals surface area contributed by atoms with Gasteiger partial charge >= 0.3 is 0 Å². The maximum Gasteiger partial charge on any atom is 0.246 e. The SMILES string of the molecule is CC/C=C/C(=O)N1CCCC(n2nc(C)c3c(N)ncnc32)C1. The predicted molar refractivity (Wildman–Crippen MR) is 88.8 cm³/mol. The Morgan fingerprint density at radius 3 is 3.09 bits per heavy atom. The van der Waals surface area contributed by atoms with Crippen LogP contribution >= 0.6 is 0 Å². The van der Waals surface area contributed by atoms with Gasteiger partial charge < -0.3 is 10.6 Å². The number of anilines is 1. The summed E-state index contributed by atoms with van der Waals surface area (Å²) in [6.45, 7) is 5.37. The molecule has 3 heterocycles. The third-order valence-electron chi connectivity index (χ3n) is 4.24. The Balaban J connectivity index is 1.89. The number of nitrogen functional groups attached to an aromatic ring is 1. The van der Waals surface area contributed by atoms with Crippen molar-refractivity contribution in [1.29, 1.82) is 0 Å². The first-order valence-corrected chi connectivity index (χ1v) is 8.02. The van der Waals surface area contributed by atoms with Crippen LogP contribution in [-0.4, -0.2) is 43.6 Å². The highest BCUT2D eigenvalue weighted by Gasteiger charge is 2.26. The van der Waals surface area contributed by atoms with Gasteiger partial charge in [-0.2, -0.15) is 5.10 Å². The van der Waals surface area contributed by atoms with Gasteiger partial charge in [-0.3, -0.25) is 4.79 Å². The smallest absolute Gasteiger partial charge is 0.246 e. The molecule has 0 bridgehead atoms. The quantitative estimate of drug-likeness (QED) is 0.873. The number of rotatable bonds is 3. The summed E-state index contributed by atoms with van der Waals surface area (Å²) in [6.07, 6.45) is 7.81. The van der Waals surface area contributed by atoms with Crippen molar-refractivity contribution in [3.8, 4) is 0 Å². The molecule has 1 aliphatic rings. The van der Waals surface area contributed by atoms with E-state index in [9.17, 15) is 4.79 Å². The number of carbonyl (C=O) groups is 1. The lowest BCUT2D eigenvalue weighted by molar-refractivity contribution is -0.127. The van der Waals surface area contributed by atoms with E-state index >= 15 is 0 Å². The number of hydrogen-bond acceptors (Lipinski definition) is 5. The van der Waals surface area contributed by atoms with Crippen LogP contribution in [0, 0.1) is 6.92 Å². The number of allylic oxidation sites excluding steroid dienone is 1. The van der Waals surface area contributed by atoms with Crippen LogP contribution in [0.5, 0.6) is 0 Å². The monoisotopic (exact) mass is 314 g/mol. The van der Waals surface area contributed by atoms with E-state index in [0.29, 0.717) is 12.4 Å². The number of likely N-dealkylation sites (tertiary alicyclic amines) is 1. The van der Waals surface area contributed by atoms with Crippen molar-refractivity contribution in [2.75, 3.05) is 18.8 Å². The number of nitrogens with zero attached hydrogens (tertiary/aromatic N) is 5. The molecule has 0 aliphatic carbocycles. The fourth-order valence-electron chi connectivity index (χ4n) is 3.10. The molecular formula is C16H22N6O. The van der Waals surface area contributed by atoms with E-state index in [1.165, 1.54) is 6.33 Å². The van der Waals surface area contributed by atoms with Crippen LogP contribution in [0.4, 0.5) is 5.82 Å². The predicted octanol–water partition coefficient (Wildman–Crippen LogP) is 1.85. The molecule has 1 amide bonds. The second kappa shape index (κ2) is 6.36. The van der Waals surface area contributed by atoms with Crippen LogP contribution < -0.4 is 5.73 Å². The number of aromatic nitrogens is 4. The minimum Gasteiger partial charge on any atom is -0.383 e. The van der Waals surface area contributed by atoms with Crippen molar-refractivity contribution < 1.29 is 4.79 Å². The van der Waals surface area contributed by atoms with Gasteiger partial charge in [-0.05, 0) is 32.3 Å². The minimum absolute atomic E-state index is 0.0684. The summed E-state index contributed by atoms with van der Waals surface area (Å²) in [5, 5.41) is 5.42. The molecule has 0 radical (unpaired) electrons. The highest BCUT2D eigenvalue weighted by molar-refractivity contribution is 5.88. The van der Waals surface area contributed by atoms with Gasteiger partial charge in [0.05, 0.1) is 17.1 Å². The first kappa shape index (κ1) is 15.5. The lowest BCUT2D eigenvalue weighted by Gasteiger charge is -2.32. The van der Waals surface area contributed by atoms with Gasteiger partial charge in [0.25, 0.3) is 0 Å². The highest BCUT2D eigenvalue weighted by atomic mass is 16.2. The molecule has 7 nitrogen and oxygen atoms in total. The normalized spacial score (nSPS) is 18.9. The third-order valence-corrected chi connectivity index (χ3v) is 4.24.